The minimum Gasteiger partial charge on any atom is -0.0851 e. The molecule has 0 spiro atoms. The minimum absolute atomic E-state index is 0.921. The zero-order valence-corrected chi connectivity index (χ0v) is 11.7. The summed E-state index contributed by atoms with van der Waals surface area (Å²) in [5.74, 6) is 2.90. The predicted octanol–water partition coefficient (Wildman–Crippen LogP) is 5.73. The Kier molecular flexibility index (Phi) is 5.61. The molecule has 0 unspecified atom stereocenters. The molecule has 98 valence electrons. The molecule has 0 bridgehead atoms. The maximum Gasteiger partial charge on any atom is -0.0233 e. The van der Waals surface area contributed by atoms with E-state index in [0.717, 1.165) is 17.8 Å². The third-order valence-electron chi connectivity index (χ3n) is 4.89. The zero-order valence-electron chi connectivity index (χ0n) is 11.7. The number of hydrogen-bond acceptors (Lipinski definition) is 0. The lowest BCUT2D eigenvalue weighted by atomic mass is 9.79. The van der Waals surface area contributed by atoms with E-state index >= 15 is 0 Å². The van der Waals surface area contributed by atoms with Gasteiger partial charge in [0.05, 0.1) is 0 Å². The molecule has 2 aliphatic rings. The van der Waals surface area contributed by atoms with E-state index in [-0.39, 0.29) is 0 Å². The Morgan fingerprint density at radius 2 is 1.35 bits per heavy atom. The lowest BCUT2D eigenvalue weighted by Crippen LogP contribution is -2.13. The first kappa shape index (κ1) is 13.2. The van der Waals surface area contributed by atoms with Gasteiger partial charge in [0.15, 0.2) is 0 Å². The van der Waals surface area contributed by atoms with Gasteiger partial charge in [-0.1, -0.05) is 51.2 Å². The van der Waals surface area contributed by atoms with Crippen molar-refractivity contribution >= 4 is 0 Å². The molecule has 17 heavy (non-hydrogen) atoms. The minimum atomic E-state index is 0.921. The van der Waals surface area contributed by atoms with E-state index in [2.05, 4.69) is 19.1 Å². The Morgan fingerprint density at radius 1 is 0.765 bits per heavy atom. The van der Waals surface area contributed by atoms with Crippen LogP contribution in [0.1, 0.15) is 77.6 Å². The monoisotopic (exact) mass is 234 g/mol. The molecule has 0 radical (unpaired) electrons. The molecule has 0 saturated heterocycles. The van der Waals surface area contributed by atoms with Crippen LogP contribution in [-0.4, -0.2) is 0 Å². The number of allylic oxidation sites excluding steroid dienone is 2. The summed E-state index contributed by atoms with van der Waals surface area (Å²) in [4.78, 5) is 0. The highest BCUT2D eigenvalue weighted by molar-refractivity contribution is 4.95. The van der Waals surface area contributed by atoms with Crippen molar-refractivity contribution in [2.75, 3.05) is 0 Å². The van der Waals surface area contributed by atoms with Gasteiger partial charge < -0.3 is 0 Å². The Hall–Kier alpha value is -0.260. The second-order valence-electron chi connectivity index (χ2n) is 6.35. The van der Waals surface area contributed by atoms with E-state index < -0.39 is 0 Å². The Balaban J connectivity index is 1.68. The van der Waals surface area contributed by atoms with Gasteiger partial charge in [-0.2, -0.15) is 0 Å². The van der Waals surface area contributed by atoms with E-state index in [1.54, 1.807) is 0 Å². The second kappa shape index (κ2) is 7.24. The first-order valence-electron chi connectivity index (χ1n) is 8.06. The second-order valence-corrected chi connectivity index (χ2v) is 6.35. The van der Waals surface area contributed by atoms with Gasteiger partial charge in [0.2, 0.25) is 0 Å². The van der Waals surface area contributed by atoms with E-state index in [1.165, 1.54) is 70.6 Å². The molecule has 0 heteroatoms. The molecule has 0 nitrogen and oxygen atoms in total. The Labute approximate surface area is 108 Å². The summed E-state index contributed by atoms with van der Waals surface area (Å²) in [5, 5.41) is 0. The average molecular weight is 234 g/mol. The molecule has 2 saturated carbocycles. The molecule has 0 aromatic carbocycles. The van der Waals surface area contributed by atoms with Crippen molar-refractivity contribution in [2.45, 2.75) is 77.6 Å². The van der Waals surface area contributed by atoms with Gasteiger partial charge in [0, 0.05) is 0 Å². The van der Waals surface area contributed by atoms with Gasteiger partial charge in [0.1, 0.15) is 0 Å². The van der Waals surface area contributed by atoms with Gasteiger partial charge in [-0.25, -0.2) is 0 Å². The molecular weight excluding hydrogens is 204 g/mol. The first-order valence-corrected chi connectivity index (χ1v) is 8.06. The fourth-order valence-corrected chi connectivity index (χ4v) is 3.72. The van der Waals surface area contributed by atoms with Crippen molar-refractivity contribution in [1.82, 2.24) is 0 Å². The van der Waals surface area contributed by atoms with Gasteiger partial charge in [0.25, 0.3) is 0 Å². The quantitative estimate of drug-likeness (QED) is 0.545. The van der Waals surface area contributed by atoms with Crippen molar-refractivity contribution in [3.63, 3.8) is 0 Å². The van der Waals surface area contributed by atoms with E-state index in [0.29, 0.717) is 0 Å². The Bertz CT molecular complexity index is 214. The molecule has 0 aromatic rings. The van der Waals surface area contributed by atoms with Crippen molar-refractivity contribution in [3.8, 4) is 0 Å². The number of hydrogen-bond donors (Lipinski definition) is 0. The van der Waals surface area contributed by atoms with Crippen molar-refractivity contribution in [3.05, 3.63) is 12.2 Å². The van der Waals surface area contributed by atoms with Crippen molar-refractivity contribution in [2.24, 2.45) is 17.8 Å². The van der Waals surface area contributed by atoms with Crippen LogP contribution in [0.25, 0.3) is 0 Å². The molecule has 0 atom stereocenters. The topological polar surface area (TPSA) is 0 Å². The maximum atomic E-state index is 2.58. The standard InChI is InChI=1S/C17H30/c1-2-6-15-9-12-17(13-10-15)14-11-16-7-4-3-5-8-16/h11,14-17H,2-10,12-13H2,1H3/t15-,17-. The summed E-state index contributed by atoms with van der Waals surface area (Å²) in [6, 6.07) is 0. The Morgan fingerprint density at radius 3 is 1.94 bits per heavy atom. The highest BCUT2D eigenvalue weighted by atomic mass is 14.2. The van der Waals surface area contributed by atoms with Crippen LogP contribution in [0.15, 0.2) is 12.2 Å². The molecular formula is C17H30. The SMILES string of the molecule is CCC[C@H]1CC[C@H](C=CC2CCCCC2)CC1. The van der Waals surface area contributed by atoms with Gasteiger partial charge >= 0.3 is 0 Å². The van der Waals surface area contributed by atoms with Crippen LogP contribution < -0.4 is 0 Å². The lowest BCUT2D eigenvalue weighted by Gasteiger charge is -2.27. The molecule has 0 aliphatic heterocycles. The molecule has 2 aliphatic carbocycles. The normalized spacial score (nSPS) is 32.1. The first-order chi connectivity index (χ1) is 8.38. The van der Waals surface area contributed by atoms with Gasteiger partial charge in [-0.05, 0) is 56.3 Å². The van der Waals surface area contributed by atoms with Crippen LogP contribution in [0.3, 0.4) is 0 Å². The van der Waals surface area contributed by atoms with Crippen LogP contribution in [0.4, 0.5) is 0 Å². The van der Waals surface area contributed by atoms with Gasteiger partial charge in [-0.15, -0.1) is 0 Å². The molecule has 0 amide bonds. The largest absolute Gasteiger partial charge is 0.0851 e. The molecule has 2 rings (SSSR count). The van der Waals surface area contributed by atoms with Crippen LogP contribution in [0, 0.1) is 17.8 Å². The van der Waals surface area contributed by atoms with Crippen LogP contribution in [-0.2, 0) is 0 Å². The summed E-state index contributed by atoms with van der Waals surface area (Å²) >= 11 is 0. The highest BCUT2D eigenvalue weighted by Crippen LogP contribution is 2.33. The summed E-state index contributed by atoms with van der Waals surface area (Å²) < 4.78 is 0. The molecule has 0 aromatic heterocycles. The molecule has 0 N–H and O–H groups in total. The summed E-state index contributed by atoms with van der Waals surface area (Å²) in [5.41, 5.74) is 0. The van der Waals surface area contributed by atoms with Crippen molar-refractivity contribution in [1.29, 1.82) is 0 Å². The smallest absolute Gasteiger partial charge is 0.0233 e. The number of rotatable bonds is 4. The summed E-state index contributed by atoms with van der Waals surface area (Å²) in [6.45, 7) is 2.33. The van der Waals surface area contributed by atoms with E-state index in [4.69, 9.17) is 0 Å². The predicted molar refractivity (Wildman–Crippen MR) is 76.1 cm³/mol. The van der Waals surface area contributed by atoms with E-state index in [1.807, 2.05) is 0 Å². The summed E-state index contributed by atoms with van der Waals surface area (Å²) in [6.07, 6.45) is 21.3. The molecule has 2 fully saturated rings. The molecule has 0 heterocycles. The maximum absolute atomic E-state index is 2.58. The lowest BCUT2D eigenvalue weighted by molar-refractivity contribution is 0.293. The highest BCUT2D eigenvalue weighted by Gasteiger charge is 2.19. The zero-order chi connectivity index (χ0) is 11.9. The van der Waals surface area contributed by atoms with Crippen LogP contribution >= 0.6 is 0 Å². The average Bonchev–Trinajstić information content (AvgIpc) is 2.40. The summed E-state index contributed by atoms with van der Waals surface area (Å²) in [7, 11) is 0. The third kappa shape index (κ3) is 4.48. The van der Waals surface area contributed by atoms with Crippen LogP contribution in [0.5, 0.6) is 0 Å². The third-order valence-corrected chi connectivity index (χ3v) is 4.89. The fourth-order valence-electron chi connectivity index (χ4n) is 3.72. The van der Waals surface area contributed by atoms with Crippen molar-refractivity contribution < 1.29 is 0 Å². The fraction of sp³-hybridized carbons (Fsp3) is 0.882. The van der Waals surface area contributed by atoms with E-state index in [9.17, 15) is 0 Å². The van der Waals surface area contributed by atoms with Crippen LogP contribution in [0.2, 0.25) is 0 Å². The van der Waals surface area contributed by atoms with Gasteiger partial charge in [-0.3, -0.25) is 0 Å².